The van der Waals surface area contributed by atoms with Crippen LogP contribution in [-0.2, 0) is 14.3 Å². The number of Topliss-reactive ketones (excluding diaryl/α,β-unsaturated/α-hetero) is 1. The van der Waals surface area contributed by atoms with E-state index < -0.39 is 89.4 Å². The van der Waals surface area contributed by atoms with E-state index >= 15 is 0 Å². The van der Waals surface area contributed by atoms with Crippen LogP contribution in [0.1, 0.15) is 56.1 Å². The highest BCUT2D eigenvalue weighted by atomic mass is 16.7. The number of amides is 1. The zero-order valence-corrected chi connectivity index (χ0v) is 33.6. The van der Waals surface area contributed by atoms with E-state index in [9.17, 15) is 45.3 Å². The van der Waals surface area contributed by atoms with Crippen molar-refractivity contribution in [1.82, 2.24) is 9.91 Å². The molecule has 4 aliphatic rings. The van der Waals surface area contributed by atoms with E-state index in [2.05, 4.69) is 15.3 Å². The number of likely N-dealkylation sites (N-methyl/N-ethyl adjacent to an activating group) is 1. The number of ketones is 1. The number of phenolic OH excluding ortho intramolecular Hbond substituents is 3. The van der Waals surface area contributed by atoms with Crippen molar-refractivity contribution in [1.29, 1.82) is 0 Å². The number of carbonyl (C=O) groups excluding carboxylic acids is 2. The lowest BCUT2D eigenvalue weighted by molar-refractivity contribution is -0.112. The van der Waals surface area contributed by atoms with Gasteiger partial charge in [0.2, 0.25) is 0 Å². The molecule has 16 nitrogen and oxygen atoms in total. The number of methoxy groups -OCH3 is 1. The molecule has 2 aromatic rings. The van der Waals surface area contributed by atoms with E-state index in [0.29, 0.717) is 26.2 Å². The van der Waals surface area contributed by atoms with Crippen LogP contribution in [0.15, 0.2) is 41.2 Å². The van der Waals surface area contributed by atoms with Crippen molar-refractivity contribution in [2.75, 3.05) is 52.3 Å². The topological polar surface area (TPSA) is 234 Å². The van der Waals surface area contributed by atoms with E-state index in [-0.39, 0.29) is 44.5 Å². The maximum atomic E-state index is 14.3. The van der Waals surface area contributed by atoms with Crippen LogP contribution >= 0.6 is 0 Å². The van der Waals surface area contributed by atoms with Crippen LogP contribution in [0.25, 0.3) is 10.8 Å². The molecule has 1 amide bonds. The summed E-state index contributed by atoms with van der Waals surface area (Å²) in [5.74, 6) is -8.46. The molecule has 0 aromatic heterocycles. The van der Waals surface area contributed by atoms with Gasteiger partial charge < -0.3 is 60.2 Å². The maximum absolute atomic E-state index is 14.3. The number of rotatable bonds is 4. The Balaban J connectivity index is 1.70. The molecule has 1 saturated heterocycles. The van der Waals surface area contributed by atoms with Gasteiger partial charge in [-0.05, 0) is 27.0 Å². The number of aliphatic hydroxyl groups is 4. The van der Waals surface area contributed by atoms with Crippen molar-refractivity contribution in [3.8, 4) is 23.0 Å². The maximum Gasteiger partial charge on any atom is 0.312 e. The van der Waals surface area contributed by atoms with Crippen molar-refractivity contribution >= 4 is 34.4 Å². The predicted molar refractivity (Wildman–Crippen MR) is 212 cm³/mol. The molecule has 0 unspecified atom stereocenters. The average molecular weight is 797 g/mol. The number of fused-ring (bicyclic) bond motifs is 14. The van der Waals surface area contributed by atoms with Crippen LogP contribution in [0.4, 0.5) is 5.69 Å². The largest absolute Gasteiger partial charge is 0.507 e. The summed E-state index contributed by atoms with van der Waals surface area (Å²) in [5, 5.41) is 87.8. The van der Waals surface area contributed by atoms with E-state index in [1.807, 2.05) is 7.05 Å². The summed E-state index contributed by atoms with van der Waals surface area (Å²) in [6.45, 7) is 11.3. The number of nitrogens with one attached hydrogen (secondary N) is 1. The Hall–Kier alpha value is -4.71. The number of anilines is 1. The summed E-state index contributed by atoms with van der Waals surface area (Å²) < 4.78 is 17.6. The molecule has 57 heavy (non-hydrogen) atoms. The molecule has 1 fully saturated rings. The van der Waals surface area contributed by atoms with Crippen LogP contribution in [0.2, 0.25) is 0 Å². The molecule has 0 saturated carbocycles. The molecule has 16 heteroatoms. The molecule has 0 aliphatic carbocycles. The van der Waals surface area contributed by atoms with Crippen LogP contribution in [0.5, 0.6) is 23.0 Å². The Kier molecular flexibility index (Phi) is 13.3. The Morgan fingerprint density at radius 2 is 1.56 bits per heavy atom. The van der Waals surface area contributed by atoms with Gasteiger partial charge in [0.05, 0.1) is 65.7 Å². The van der Waals surface area contributed by atoms with Crippen molar-refractivity contribution < 1.29 is 59.5 Å². The van der Waals surface area contributed by atoms with Crippen LogP contribution in [-0.4, -0.2) is 141 Å². The molecule has 2 aromatic carbocycles. The summed E-state index contributed by atoms with van der Waals surface area (Å²) in [6, 6.07) is 0. The lowest BCUT2D eigenvalue weighted by atomic mass is 9.78. The molecule has 4 heterocycles. The second kappa shape index (κ2) is 17.4. The highest BCUT2D eigenvalue weighted by Crippen LogP contribution is 2.55. The molecule has 0 spiro atoms. The standard InChI is InChI=1S/C41H56N4O12/c1-20-10-9-11-25(19-46)34(49)23(4)33(48)22(3)32(47)21(2)27(55-8)12-17-56-41(6)39(53)30-28-29(35(50)24(5)38(30)57-41)37(52)31(43-40(20)54)26(36(28)51)18-42-45-15-13-44(7)14-16-45/h9-12,17-18,21-23,25,27,32-34,46-52H,13-16,19H2,1-8H3,(H,43,54)/b11-9+,17-12+,20-10-,42-18+/t21-,22+,23+,25-,27+,32-,33+,34-,41+/m1/s1. The number of ether oxygens (including phenoxy) is 3. The first-order valence-corrected chi connectivity index (χ1v) is 19.0. The average Bonchev–Trinajstić information content (AvgIpc) is 3.46. The van der Waals surface area contributed by atoms with Crippen molar-refractivity contribution in [3.63, 3.8) is 0 Å². The number of aromatic hydroxyl groups is 3. The van der Waals surface area contributed by atoms with Gasteiger partial charge in [0.1, 0.15) is 17.2 Å². The molecule has 5 bridgehead atoms. The molecular formula is C41H56N4O12. The fraction of sp³-hybridized carbons (Fsp3) is 0.537. The first-order valence-electron chi connectivity index (χ1n) is 19.0. The van der Waals surface area contributed by atoms with Gasteiger partial charge in [-0.3, -0.25) is 14.6 Å². The lowest BCUT2D eigenvalue weighted by Crippen LogP contribution is -2.45. The zero-order chi connectivity index (χ0) is 42.1. The van der Waals surface area contributed by atoms with Gasteiger partial charge in [0.25, 0.3) is 11.7 Å². The van der Waals surface area contributed by atoms with Gasteiger partial charge in [-0.1, -0.05) is 39.0 Å². The number of nitrogens with zero attached hydrogens (tertiary/aromatic N) is 3. The lowest BCUT2D eigenvalue weighted by Gasteiger charge is -2.36. The minimum atomic E-state index is -2.03. The first-order chi connectivity index (χ1) is 26.9. The van der Waals surface area contributed by atoms with Crippen molar-refractivity contribution in [3.05, 3.63) is 52.8 Å². The van der Waals surface area contributed by atoms with Crippen LogP contribution < -0.4 is 10.1 Å². The number of phenols is 3. The fourth-order valence-corrected chi connectivity index (χ4v) is 7.58. The summed E-state index contributed by atoms with van der Waals surface area (Å²) in [4.78, 5) is 30.1. The Morgan fingerprint density at radius 1 is 0.930 bits per heavy atom. The molecule has 9 atom stereocenters. The second-order valence-corrected chi connectivity index (χ2v) is 15.5. The second-order valence-electron chi connectivity index (χ2n) is 15.5. The number of hydrazone groups is 1. The summed E-state index contributed by atoms with van der Waals surface area (Å²) in [6.07, 6.45) is 3.85. The molecule has 6 rings (SSSR count). The van der Waals surface area contributed by atoms with Crippen LogP contribution in [0.3, 0.4) is 0 Å². The molecular weight excluding hydrogens is 740 g/mol. The molecule has 4 aliphatic heterocycles. The number of piperazine rings is 1. The van der Waals surface area contributed by atoms with E-state index in [1.54, 1.807) is 25.8 Å². The Bertz CT molecular complexity index is 1970. The van der Waals surface area contributed by atoms with E-state index in [4.69, 9.17) is 14.2 Å². The SMILES string of the molecule is CO[C@H]1/C=C/O[C@@]2(C)Oc3c(C)c(O)c4c(O)c(c(/C=N/N5CCN(C)CC5)c(O)c4c3C2=O)NC(=O)/C(C)=C\C=C\[C@H](CO)[C@H](O)[C@@H](C)[C@@H](O)[C@@H](C)[C@H](O)[C@@H]1C. The predicted octanol–water partition coefficient (Wildman–Crippen LogP) is 2.74. The van der Waals surface area contributed by atoms with E-state index in [1.165, 1.54) is 64.7 Å². The third-order valence-corrected chi connectivity index (χ3v) is 11.7. The summed E-state index contributed by atoms with van der Waals surface area (Å²) in [7, 11) is 3.39. The van der Waals surface area contributed by atoms with Gasteiger partial charge in [0.15, 0.2) is 5.75 Å². The molecule has 312 valence electrons. The molecule has 0 radical (unpaired) electrons. The third kappa shape index (κ3) is 8.33. The van der Waals surface area contributed by atoms with Crippen molar-refractivity contribution in [2.24, 2.45) is 28.8 Å². The number of benzene rings is 2. The number of hydrogen-bond donors (Lipinski definition) is 8. The number of allylic oxidation sites excluding steroid dienone is 2. The van der Waals surface area contributed by atoms with Gasteiger partial charge in [-0.15, -0.1) is 0 Å². The Morgan fingerprint density at radius 3 is 2.19 bits per heavy atom. The Labute approximate surface area is 331 Å². The number of hydrogen-bond acceptors (Lipinski definition) is 15. The van der Waals surface area contributed by atoms with Gasteiger partial charge in [0, 0.05) is 80.4 Å². The fourth-order valence-electron chi connectivity index (χ4n) is 7.58. The van der Waals surface area contributed by atoms with E-state index in [0.717, 1.165) is 0 Å². The van der Waals surface area contributed by atoms with Gasteiger partial charge in [-0.2, -0.15) is 5.10 Å². The third-order valence-electron chi connectivity index (χ3n) is 11.7. The monoisotopic (exact) mass is 796 g/mol. The quantitative estimate of drug-likeness (QED) is 0.126. The molecule has 8 N–H and O–H groups in total. The minimum Gasteiger partial charge on any atom is -0.507 e. The highest BCUT2D eigenvalue weighted by molar-refractivity contribution is 6.23. The smallest absolute Gasteiger partial charge is 0.312 e. The first kappa shape index (κ1) is 43.4. The summed E-state index contributed by atoms with van der Waals surface area (Å²) >= 11 is 0. The zero-order valence-electron chi connectivity index (χ0n) is 33.6. The van der Waals surface area contributed by atoms with Crippen molar-refractivity contribution in [2.45, 2.75) is 71.7 Å². The summed E-state index contributed by atoms with van der Waals surface area (Å²) in [5.41, 5.74) is -0.471. The van der Waals surface area contributed by atoms with Gasteiger partial charge >= 0.3 is 5.79 Å². The minimum absolute atomic E-state index is 0.0497. The van der Waals surface area contributed by atoms with Crippen LogP contribution in [0, 0.1) is 30.6 Å². The highest BCUT2D eigenvalue weighted by Gasteiger charge is 2.50. The number of aliphatic hydroxyl groups excluding tert-OH is 4. The number of carbonyl (C=O) groups is 2. The van der Waals surface area contributed by atoms with Gasteiger partial charge in [-0.25, -0.2) is 0 Å². The normalized spacial score (nSPS) is 32.9.